The molecule has 4 N–H and O–H groups in total. The predicted molar refractivity (Wildman–Crippen MR) is 68.5 cm³/mol. The Balaban J connectivity index is 1.87. The molecule has 2 aromatic rings. The molecule has 0 radical (unpaired) electrons. The highest BCUT2D eigenvalue weighted by Crippen LogP contribution is 2.32. The summed E-state index contributed by atoms with van der Waals surface area (Å²) in [7, 11) is 1.76. The van der Waals surface area contributed by atoms with Gasteiger partial charge >= 0.3 is 0 Å². The van der Waals surface area contributed by atoms with E-state index in [9.17, 15) is 5.11 Å². The third-order valence-electron chi connectivity index (χ3n) is 3.38. The Labute approximate surface area is 104 Å². The first-order valence-corrected chi connectivity index (χ1v) is 6.05. The van der Waals surface area contributed by atoms with E-state index in [1.807, 2.05) is 0 Å². The summed E-state index contributed by atoms with van der Waals surface area (Å²) in [6, 6.07) is 0. The molecule has 0 saturated heterocycles. The molecule has 7 nitrogen and oxygen atoms in total. The van der Waals surface area contributed by atoms with E-state index in [2.05, 4.69) is 30.6 Å². The number of aromatic nitrogens is 4. The van der Waals surface area contributed by atoms with Crippen molar-refractivity contribution < 1.29 is 5.11 Å². The lowest BCUT2D eigenvalue weighted by molar-refractivity contribution is -0.0202. The number of hydrogen-bond acceptors (Lipinski definition) is 6. The van der Waals surface area contributed by atoms with Crippen LogP contribution in [-0.2, 0) is 0 Å². The molecule has 0 bridgehead atoms. The van der Waals surface area contributed by atoms with Crippen molar-refractivity contribution in [1.29, 1.82) is 0 Å². The Bertz CT molecular complexity index is 562. The van der Waals surface area contributed by atoms with E-state index >= 15 is 0 Å². The molecule has 0 aliphatic heterocycles. The Hall–Kier alpha value is -1.89. The highest BCUT2D eigenvalue weighted by atomic mass is 16.3. The molecule has 0 unspecified atom stereocenters. The fourth-order valence-corrected chi connectivity index (χ4v) is 2.08. The van der Waals surface area contributed by atoms with Gasteiger partial charge in [-0.3, -0.25) is 0 Å². The van der Waals surface area contributed by atoms with E-state index in [4.69, 9.17) is 0 Å². The van der Waals surface area contributed by atoms with Crippen molar-refractivity contribution in [2.45, 2.75) is 24.9 Å². The van der Waals surface area contributed by atoms with Crippen LogP contribution in [0, 0.1) is 0 Å². The van der Waals surface area contributed by atoms with E-state index < -0.39 is 5.60 Å². The number of H-pyrrole nitrogens is 1. The van der Waals surface area contributed by atoms with Crippen molar-refractivity contribution in [1.82, 2.24) is 19.9 Å². The largest absolute Gasteiger partial charge is 0.388 e. The zero-order valence-corrected chi connectivity index (χ0v) is 10.2. The molecule has 0 atom stereocenters. The molecule has 2 aromatic heterocycles. The molecule has 0 amide bonds. The van der Waals surface area contributed by atoms with Gasteiger partial charge in [-0.2, -0.15) is 9.97 Å². The number of imidazole rings is 1. The van der Waals surface area contributed by atoms with Crippen LogP contribution in [0.4, 0.5) is 11.8 Å². The van der Waals surface area contributed by atoms with Gasteiger partial charge in [0.15, 0.2) is 11.5 Å². The topological polar surface area (TPSA) is 98.8 Å². The van der Waals surface area contributed by atoms with Crippen LogP contribution in [0.5, 0.6) is 0 Å². The van der Waals surface area contributed by atoms with Gasteiger partial charge in [0.1, 0.15) is 5.52 Å². The molecule has 1 aliphatic rings. The van der Waals surface area contributed by atoms with Gasteiger partial charge in [-0.15, -0.1) is 0 Å². The van der Waals surface area contributed by atoms with Gasteiger partial charge < -0.3 is 20.7 Å². The Kier molecular flexibility index (Phi) is 2.55. The third-order valence-corrected chi connectivity index (χ3v) is 3.38. The highest BCUT2D eigenvalue weighted by molar-refractivity contribution is 5.83. The quantitative estimate of drug-likeness (QED) is 0.636. The lowest BCUT2D eigenvalue weighted by atomic mass is 9.80. The molecule has 0 spiro atoms. The minimum Gasteiger partial charge on any atom is -0.388 e. The zero-order chi connectivity index (χ0) is 12.6. The average Bonchev–Trinajstić information content (AvgIpc) is 2.81. The van der Waals surface area contributed by atoms with Crippen molar-refractivity contribution in [3.05, 3.63) is 6.33 Å². The zero-order valence-electron chi connectivity index (χ0n) is 10.2. The average molecular weight is 248 g/mol. The van der Waals surface area contributed by atoms with Gasteiger partial charge in [0, 0.05) is 13.6 Å². The van der Waals surface area contributed by atoms with Crippen LogP contribution in [0.3, 0.4) is 0 Å². The van der Waals surface area contributed by atoms with Crippen LogP contribution in [-0.4, -0.2) is 44.2 Å². The molecule has 2 heterocycles. The molecular formula is C11H16N6O. The molecule has 3 rings (SSSR count). The van der Waals surface area contributed by atoms with Crippen LogP contribution in [0.2, 0.25) is 0 Å². The van der Waals surface area contributed by atoms with E-state index in [0.29, 0.717) is 24.0 Å². The second-order valence-electron chi connectivity index (χ2n) is 4.68. The van der Waals surface area contributed by atoms with Crippen molar-refractivity contribution in [2.75, 3.05) is 24.2 Å². The molecule has 0 aromatic carbocycles. The fourth-order valence-electron chi connectivity index (χ4n) is 2.08. The second kappa shape index (κ2) is 4.09. The van der Waals surface area contributed by atoms with Gasteiger partial charge in [0.2, 0.25) is 5.95 Å². The third kappa shape index (κ3) is 1.86. The molecule has 18 heavy (non-hydrogen) atoms. The van der Waals surface area contributed by atoms with Gasteiger partial charge in [-0.1, -0.05) is 0 Å². The number of nitrogens with zero attached hydrogens (tertiary/aromatic N) is 3. The van der Waals surface area contributed by atoms with Crippen molar-refractivity contribution in [3.8, 4) is 0 Å². The van der Waals surface area contributed by atoms with Gasteiger partial charge in [0.05, 0.1) is 11.9 Å². The molecule has 1 fully saturated rings. The number of fused-ring (bicyclic) bond motifs is 1. The van der Waals surface area contributed by atoms with E-state index in [-0.39, 0.29) is 0 Å². The summed E-state index contributed by atoms with van der Waals surface area (Å²) in [6.07, 6.45) is 4.36. The maximum absolute atomic E-state index is 10.1. The first-order valence-electron chi connectivity index (χ1n) is 6.05. The summed E-state index contributed by atoms with van der Waals surface area (Å²) in [5.74, 6) is 1.18. The molecule has 7 heteroatoms. The van der Waals surface area contributed by atoms with Crippen LogP contribution >= 0.6 is 0 Å². The number of nitrogens with one attached hydrogen (secondary N) is 3. The molecular weight excluding hydrogens is 232 g/mol. The number of hydrogen-bond donors (Lipinski definition) is 4. The monoisotopic (exact) mass is 248 g/mol. The van der Waals surface area contributed by atoms with Crippen molar-refractivity contribution in [2.24, 2.45) is 0 Å². The maximum atomic E-state index is 10.1. The summed E-state index contributed by atoms with van der Waals surface area (Å²) in [6.45, 7) is 0.501. The summed E-state index contributed by atoms with van der Waals surface area (Å²) in [5.41, 5.74) is 0.784. The lowest BCUT2D eigenvalue weighted by Crippen LogP contribution is -2.43. The minimum atomic E-state index is -0.586. The summed E-state index contributed by atoms with van der Waals surface area (Å²) in [4.78, 5) is 15.7. The van der Waals surface area contributed by atoms with Crippen molar-refractivity contribution in [3.63, 3.8) is 0 Å². The van der Waals surface area contributed by atoms with E-state index in [0.717, 1.165) is 24.8 Å². The predicted octanol–water partition coefficient (Wildman–Crippen LogP) is 0.721. The number of rotatable bonds is 4. The molecule has 1 aliphatic carbocycles. The number of anilines is 2. The molecule has 96 valence electrons. The summed E-state index contributed by atoms with van der Waals surface area (Å²) >= 11 is 0. The van der Waals surface area contributed by atoms with Crippen LogP contribution < -0.4 is 10.6 Å². The Morgan fingerprint density at radius 3 is 2.94 bits per heavy atom. The normalized spacial score (nSPS) is 17.4. The first kappa shape index (κ1) is 11.2. The number of aliphatic hydroxyl groups is 1. The van der Waals surface area contributed by atoms with Gasteiger partial charge in [0.25, 0.3) is 0 Å². The lowest BCUT2D eigenvalue weighted by Gasteiger charge is -2.36. The first-order chi connectivity index (χ1) is 8.70. The maximum Gasteiger partial charge on any atom is 0.226 e. The molecule has 1 saturated carbocycles. The minimum absolute atomic E-state index is 0.501. The SMILES string of the molecule is CNc1nc(NCC2(O)CCC2)c2[nH]cnc2n1. The Morgan fingerprint density at radius 1 is 1.44 bits per heavy atom. The van der Waals surface area contributed by atoms with Crippen LogP contribution in [0.15, 0.2) is 6.33 Å². The Morgan fingerprint density at radius 2 is 2.28 bits per heavy atom. The summed E-state index contributed by atoms with van der Waals surface area (Å²) < 4.78 is 0. The fraction of sp³-hybridized carbons (Fsp3) is 0.545. The van der Waals surface area contributed by atoms with Gasteiger partial charge in [-0.25, -0.2) is 4.98 Å². The summed E-state index contributed by atoms with van der Waals surface area (Å²) in [5, 5.41) is 16.1. The van der Waals surface area contributed by atoms with Crippen LogP contribution in [0.25, 0.3) is 11.2 Å². The van der Waals surface area contributed by atoms with Crippen LogP contribution in [0.1, 0.15) is 19.3 Å². The highest BCUT2D eigenvalue weighted by Gasteiger charge is 2.34. The van der Waals surface area contributed by atoms with Gasteiger partial charge in [-0.05, 0) is 19.3 Å². The van der Waals surface area contributed by atoms with E-state index in [1.165, 1.54) is 0 Å². The van der Waals surface area contributed by atoms with Crippen molar-refractivity contribution >= 4 is 22.9 Å². The van der Waals surface area contributed by atoms with E-state index in [1.54, 1.807) is 13.4 Å². The number of aromatic amines is 1. The smallest absolute Gasteiger partial charge is 0.226 e. The standard InChI is InChI=1S/C11H16N6O/c1-12-10-16-8(7-9(17-10)15-6-14-7)13-5-11(18)3-2-4-11/h6,18H,2-5H2,1H3,(H3,12,13,14,15,16,17). The second-order valence-corrected chi connectivity index (χ2v) is 4.68.